The number of hydrogen-bond donors (Lipinski definition) is 1. The van der Waals surface area contributed by atoms with Crippen LogP contribution < -0.4 is 5.32 Å². The van der Waals surface area contributed by atoms with E-state index in [-0.39, 0.29) is 17.7 Å². The minimum absolute atomic E-state index is 0.0580. The lowest BCUT2D eigenvalue weighted by Gasteiger charge is -2.22. The maximum atomic E-state index is 13.1. The van der Waals surface area contributed by atoms with Crippen molar-refractivity contribution in [3.63, 3.8) is 0 Å². The van der Waals surface area contributed by atoms with E-state index in [2.05, 4.69) is 5.32 Å². The third kappa shape index (κ3) is 4.49. The van der Waals surface area contributed by atoms with E-state index in [0.29, 0.717) is 24.3 Å². The highest BCUT2D eigenvalue weighted by Gasteiger charge is 2.29. The van der Waals surface area contributed by atoms with Gasteiger partial charge >= 0.3 is 0 Å². The van der Waals surface area contributed by atoms with Crippen molar-refractivity contribution in [2.45, 2.75) is 25.9 Å². The molecule has 1 fully saturated rings. The molecule has 1 aromatic heterocycles. The third-order valence-corrected chi connectivity index (χ3v) is 4.78. The number of furan rings is 1. The third-order valence-electron chi connectivity index (χ3n) is 4.78. The summed E-state index contributed by atoms with van der Waals surface area (Å²) in [5.74, 6) is 0.858. The van der Waals surface area contributed by atoms with Crippen molar-refractivity contribution < 1.29 is 14.0 Å². The molecule has 1 saturated carbocycles. The first kappa shape index (κ1) is 18.0. The van der Waals surface area contributed by atoms with Crippen LogP contribution in [0.15, 0.2) is 77.4 Å². The zero-order chi connectivity index (χ0) is 19.3. The number of anilines is 1. The Hall–Kier alpha value is -3.34. The smallest absolute Gasteiger partial charge is 0.254 e. The van der Waals surface area contributed by atoms with Crippen LogP contribution in [0.2, 0.25) is 0 Å². The van der Waals surface area contributed by atoms with Crippen LogP contribution in [0.4, 0.5) is 5.69 Å². The quantitative estimate of drug-likeness (QED) is 0.664. The van der Waals surface area contributed by atoms with Crippen molar-refractivity contribution in [1.29, 1.82) is 0 Å². The van der Waals surface area contributed by atoms with Gasteiger partial charge in [-0.3, -0.25) is 9.59 Å². The van der Waals surface area contributed by atoms with Crippen LogP contribution in [0.3, 0.4) is 0 Å². The number of carbonyl (C=O) groups is 2. The van der Waals surface area contributed by atoms with Crippen LogP contribution in [0, 0.1) is 5.92 Å². The zero-order valence-corrected chi connectivity index (χ0v) is 15.5. The molecule has 5 heteroatoms. The molecule has 5 nitrogen and oxygen atoms in total. The molecule has 4 rings (SSSR count). The minimum atomic E-state index is -0.0830. The molecule has 0 spiro atoms. The Labute approximate surface area is 164 Å². The van der Waals surface area contributed by atoms with Crippen molar-refractivity contribution in [3.8, 4) is 0 Å². The summed E-state index contributed by atoms with van der Waals surface area (Å²) < 4.78 is 5.44. The number of rotatable bonds is 7. The van der Waals surface area contributed by atoms with E-state index in [1.54, 1.807) is 35.4 Å². The normalized spacial score (nSPS) is 13.1. The van der Waals surface area contributed by atoms with Gasteiger partial charge in [-0.2, -0.15) is 0 Å². The first-order chi connectivity index (χ1) is 13.7. The maximum absolute atomic E-state index is 13.1. The molecule has 0 saturated heterocycles. The summed E-state index contributed by atoms with van der Waals surface area (Å²) in [5, 5.41) is 2.90. The van der Waals surface area contributed by atoms with Gasteiger partial charge in [0.2, 0.25) is 5.91 Å². The molecule has 1 aliphatic carbocycles. The number of nitrogens with one attached hydrogen (secondary N) is 1. The van der Waals surface area contributed by atoms with Gasteiger partial charge < -0.3 is 14.6 Å². The predicted octanol–water partition coefficient (Wildman–Crippen LogP) is 4.47. The summed E-state index contributed by atoms with van der Waals surface area (Å²) >= 11 is 0. The Morgan fingerprint density at radius 1 is 0.929 bits per heavy atom. The van der Waals surface area contributed by atoms with Gasteiger partial charge in [0.05, 0.1) is 12.8 Å². The Morgan fingerprint density at radius 2 is 1.68 bits per heavy atom. The van der Waals surface area contributed by atoms with Gasteiger partial charge in [-0.15, -0.1) is 0 Å². The SMILES string of the molecule is O=C(Nc1ccc(C(=O)N(Cc2ccccc2)Cc2ccco2)cc1)C1CC1. The summed E-state index contributed by atoms with van der Waals surface area (Å²) in [4.78, 5) is 26.8. The lowest BCUT2D eigenvalue weighted by Crippen LogP contribution is -2.30. The highest BCUT2D eigenvalue weighted by molar-refractivity contribution is 5.96. The van der Waals surface area contributed by atoms with Gasteiger partial charge in [-0.05, 0) is 54.8 Å². The van der Waals surface area contributed by atoms with Crippen LogP contribution in [0.1, 0.15) is 34.5 Å². The highest BCUT2D eigenvalue weighted by atomic mass is 16.3. The van der Waals surface area contributed by atoms with Crippen molar-refractivity contribution in [3.05, 3.63) is 89.9 Å². The Balaban J connectivity index is 1.49. The van der Waals surface area contributed by atoms with E-state index in [1.807, 2.05) is 42.5 Å². The average molecular weight is 374 g/mol. The summed E-state index contributed by atoms with van der Waals surface area (Å²) in [5.41, 5.74) is 2.34. The lowest BCUT2D eigenvalue weighted by atomic mass is 10.1. The zero-order valence-electron chi connectivity index (χ0n) is 15.5. The lowest BCUT2D eigenvalue weighted by molar-refractivity contribution is -0.117. The second kappa shape index (κ2) is 8.13. The number of amides is 2. The molecule has 1 N–H and O–H groups in total. The molecule has 1 heterocycles. The maximum Gasteiger partial charge on any atom is 0.254 e. The molecule has 0 aliphatic heterocycles. The van der Waals surface area contributed by atoms with Gasteiger partial charge in [-0.1, -0.05) is 30.3 Å². The van der Waals surface area contributed by atoms with Crippen molar-refractivity contribution in [2.24, 2.45) is 5.92 Å². The van der Waals surface area contributed by atoms with E-state index in [9.17, 15) is 9.59 Å². The Bertz CT molecular complexity index is 930. The van der Waals surface area contributed by atoms with Crippen molar-refractivity contribution >= 4 is 17.5 Å². The van der Waals surface area contributed by atoms with Crippen molar-refractivity contribution in [1.82, 2.24) is 4.90 Å². The van der Waals surface area contributed by atoms with Crippen LogP contribution in [-0.4, -0.2) is 16.7 Å². The van der Waals surface area contributed by atoms with E-state index in [0.717, 1.165) is 24.2 Å². The molecule has 28 heavy (non-hydrogen) atoms. The van der Waals surface area contributed by atoms with Crippen LogP contribution >= 0.6 is 0 Å². The van der Waals surface area contributed by atoms with Gasteiger partial charge in [0.15, 0.2) is 0 Å². The molecule has 2 aromatic carbocycles. The van der Waals surface area contributed by atoms with Crippen LogP contribution in [0.25, 0.3) is 0 Å². The van der Waals surface area contributed by atoms with Gasteiger partial charge in [-0.25, -0.2) is 0 Å². The number of carbonyl (C=O) groups excluding carboxylic acids is 2. The topological polar surface area (TPSA) is 62.6 Å². The van der Waals surface area contributed by atoms with E-state index in [4.69, 9.17) is 4.42 Å². The molecule has 0 radical (unpaired) electrons. The molecule has 2 amide bonds. The fraction of sp³-hybridized carbons (Fsp3) is 0.217. The molecular formula is C23H22N2O3. The van der Waals surface area contributed by atoms with Gasteiger partial charge in [0, 0.05) is 23.7 Å². The second-order valence-corrected chi connectivity index (χ2v) is 7.07. The summed E-state index contributed by atoms with van der Waals surface area (Å²) in [6, 6.07) is 20.6. The van der Waals surface area contributed by atoms with Crippen LogP contribution in [0.5, 0.6) is 0 Å². The van der Waals surface area contributed by atoms with Gasteiger partial charge in [0.25, 0.3) is 5.91 Å². The molecule has 0 unspecified atom stereocenters. The van der Waals surface area contributed by atoms with E-state index in [1.165, 1.54) is 0 Å². The molecular weight excluding hydrogens is 352 g/mol. The molecule has 142 valence electrons. The summed E-state index contributed by atoms with van der Waals surface area (Å²) in [7, 11) is 0. The minimum Gasteiger partial charge on any atom is -0.467 e. The fourth-order valence-corrected chi connectivity index (χ4v) is 3.06. The first-order valence-electron chi connectivity index (χ1n) is 9.45. The average Bonchev–Trinajstić information content (AvgIpc) is 3.46. The number of nitrogens with zero attached hydrogens (tertiary/aromatic N) is 1. The molecule has 0 bridgehead atoms. The highest BCUT2D eigenvalue weighted by Crippen LogP contribution is 2.30. The summed E-state index contributed by atoms with van der Waals surface area (Å²) in [6.07, 6.45) is 3.53. The fourth-order valence-electron chi connectivity index (χ4n) is 3.06. The van der Waals surface area contributed by atoms with Crippen molar-refractivity contribution in [2.75, 3.05) is 5.32 Å². The standard InChI is InChI=1S/C23H22N2O3/c26-22(18-8-9-18)24-20-12-10-19(11-13-20)23(27)25(16-21-7-4-14-28-21)15-17-5-2-1-3-6-17/h1-7,10-14,18H,8-9,15-16H2,(H,24,26). The number of hydrogen-bond acceptors (Lipinski definition) is 3. The Morgan fingerprint density at radius 3 is 2.32 bits per heavy atom. The first-order valence-corrected chi connectivity index (χ1v) is 9.45. The number of benzene rings is 2. The molecule has 1 aliphatic rings. The van der Waals surface area contributed by atoms with E-state index >= 15 is 0 Å². The second-order valence-electron chi connectivity index (χ2n) is 7.07. The molecule has 3 aromatic rings. The van der Waals surface area contributed by atoms with E-state index < -0.39 is 0 Å². The largest absolute Gasteiger partial charge is 0.467 e. The Kier molecular flexibility index (Phi) is 5.24. The molecule has 0 atom stereocenters. The van der Waals surface area contributed by atoms with Crippen LogP contribution in [-0.2, 0) is 17.9 Å². The monoisotopic (exact) mass is 374 g/mol. The van der Waals surface area contributed by atoms with Gasteiger partial charge in [0.1, 0.15) is 5.76 Å². The predicted molar refractivity (Wildman–Crippen MR) is 107 cm³/mol. The summed E-state index contributed by atoms with van der Waals surface area (Å²) in [6.45, 7) is 0.876.